The molecule has 6 heteroatoms. The summed E-state index contributed by atoms with van der Waals surface area (Å²) in [6, 6.07) is 10.7. The monoisotopic (exact) mass is 373 g/mol. The zero-order chi connectivity index (χ0) is 19.3. The molecule has 2 atom stereocenters. The Kier molecular flexibility index (Phi) is 6.37. The third-order valence-electron chi connectivity index (χ3n) is 6.05. The van der Waals surface area contributed by atoms with Gasteiger partial charge in [0.15, 0.2) is 5.96 Å². The molecule has 0 saturated carbocycles. The van der Waals surface area contributed by atoms with Crippen LogP contribution >= 0.6 is 0 Å². The minimum absolute atomic E-state index is 0.0442. The first-order valence-electron chi connectivity index (χ1n) is 9.76. The lowest BCUT2D eigenvalue weighted by Gasteiger charge is -2.39. The molecule has 0 amide bonds. The van der Waals surface area contributed by atoms with Gasteiger partial charge in [-0.15, -0.1) is 0 Å². The summed E-state index contributed by atoms with van der Waals surface area (Å²) in [6.45, 7) is 5.91. The summed E-state index contributed by atoms with van der Waals surface area (Å²) in [5.74, 6) is 0.877. The molecule has 0 aliphatic carbocycles. The van der Waals surface area contributed by atoms with Crippen LogP contribution in [0.2, 0.25) is 0 Å². The second-order valence-corrected chi connectivity index (χ2v) is 7.67. The van der Waals surface area contributed by atoms with Gasteiger partial charge in [0.1, 0.15) is 0 Å². The summed E-state index contributed by atoms with van der Waals surface area (Å²) < 4.78 is 10.6. The number of likely N-dealkylation sites (tertiary alicyclic amines) is 1. The van der Waals surface area contributed by atoms with Gasteiger partial charge in [0.25, 0.3) is 0 Å². The number of nitrogens with one attached hydrogen (secondary N) is 1. The molecule has 27 heavy (non-hydrogen) atoms. The number of nitrogens with zero attached hydrogens (tertiary/aromatic N) is 2. The molecule has 0 bridgehead atoms. The van der Waals surface area contributed by atoms with Crippen molar-refractivity contribution in [1.29, 1.82) is 0 Å². The first-order chi connectivity index (χ1) is 13.1. The van der Waals surface area contributed by atoms with E-state index < -0.39 is 0 Å². The van der Waals surface area contributed by atoms with Crippen molar-refractivity contribution in [3.63, 3.8) is 0 Å². The maximum Gasteiger partial charge on any atom is 0.310 e. The normalized spacial score (nSPS) is 25.3. The second-order valence-electron chi connectivity index (χ2n) is 7.67. The lowest BCUT2D eigenvalue weighted by Crippen LogP contribution is -2.49. The predicted molar refractivity (Wildman–Crippen MR) is 106 cm³/mol. The van der Waals surface area contributed by atoms with Gasteiger partial charge in [0, 0.05) is 45.3 Å². The number of carbonyl (C=O) groups is 1. The molecule has 0 aromatic heterocycles. The molecule has 2 aliphatic heterocycles. The number of rotatable bonds is 4. The summed E-state index contributed by atoms with van der Waals surface area (Å²) in [5.41, 5.74) is 1.39. The standard InChI is InChI=1S/C21H31N3O3/c1-16-13-24(14-18(16)19(25)26-3)20(22-2)23-15-21(9-11-27-12-10-21)17-7-5-4-6-8-17/h4-8,16,18H,9-15H2,1-3H3,(H,22,23). The van der Waals surface area contributed by atoms with Gasteiger partial charge in [0.2, 0.25) is 0 Å². The highest BCUT2D eigenvalue weighted by Crippen LogP contribution is 2.34. The quantitative estimate of drug-likeness (QED) is 0.497. The predicted octanol–water partition coefficient (Wildman–Crippen LogP) is 2.05. The average molecular weight is 373 g/mol. The van der Waals surface area contributed by atoms with Crippen LogP contribution in [0.3, 0.4) is 0 Å². The number of hydrogen-bond acceptors (Lipinski definition) is 4. The van der Waals surface area contributed by atoms with Crippen LogP contribution in [0.1, 0.15) is 25.3 Å². The molecule has 0 radical (unpaired) electrons. The van der Waals surface area contributed by atoms with Crippen molar-refractivity contribution in [2.24, 2.45) is 16.8 Å². The fraction of sp³-hybridized carbons (Fsp3) is 0.619. The topological polar surface area (TPSA) is 63.2 Å². The molecule has 2 fully saturated rings. The Bertz CT molecular complexity index is 656. The van der Waals surface area contributed by atoms with Gasteiger partial charge in [-0.25, -0.2) is 0 Å². The molecule has 6 nitrogen and oxygen atoms in total. The zero-order valence-corrected chi connectivity index (χ0v) is 16.6. The number of ether oxygens (including phenoxy) is 2. The van der Waals surface area contributed by atoms with Crippen LogP contribution in [0.25, 0.3) is 0 Å². The molecule has 2 saturated heterocycles. The van der Waals surface area contributed by atoms with Gasteiger partial charge < -0.3 is 19.7 Å². The Hall–Kier alpha value is -2.08. The van der Waals surface area contributed by atoms with Crippen LogP contribution in [0.5, 0.6) is 0 Å². The summed E-state index contributed by atoms with van der Waals surface area (Å²) in [6.07, 6.45) is 1.98. The maximum atomic E-state index is 12.0. The van der Waals surface area contributed by atoms with Crippen LogP contribution in [-0.2, 0) is 19.7 Å². The molecule has 148 valence electrons. The van der Waals surface area contributed by atoms with E-state index in [1.54, 1.807) is 7.05 Å². The van der Waals surface area contributed by atoms with Crippen molar-refractivity contribution in [1.82, 2.24) is 10.2 Å². The number of guanidine groups is 1. The first kappa shape index (κ1) is 19.7. The number of aliphatic imine (C=N–C) groups is 1. The van der Waals surface area contributed by atoms with Crippen molar-refractivity contribution in [2.45, 2.75) is 25.2 Å². The first-order valence-corrected chi connectivity index (χ1v) is 9.76. The molecule has 1 aromatic rings. The highest BCUT2D eigenvalue weighted by Gasteiger charge is 2.38. The van der Waals surface area contributed by atoms with Gasteiger partial charge in [-0.1, -0.05) is 37.3 Å². The average Bonchev–Trinajstić information content (AvgIpc) is 3.10. The van der Waals surface area contributed by atoms with Gasteiger partial charge in [-0.05, 0) is 24.3 Å². The van der Waals surface area contributed by atoms with Gasteiger partial charge in [-0.2, -0.15) is 0 Å². The zero-order valence-electron chi connectivity index (χ0n) is 16.6. The Labute approximate surface area is 161 Å². The SMILES string of the molecule is CN=C(NCC1(c2ccccc2)CCOCC1)N1CC(C)C(C(=O)OC)C1. The lowest BCUT2D eigenvalue weighted by atomic mass is 9.74. The molecule has 2 aliphatic rings. The number of benzene rings is 1. The Morgan fingerprint density at radius 2 is 2.00 bits per heavy atom. The smallest absolute Gasteiger partial charge is 0.310 e. The molecule has 1 aromatic carbocycles. The van der Waals surface area contributed by atoms with E-state index in [1.807, 2.05) is 0 Å². The Morgan fingerprint density at radius 3 is 2.63 bits per heavy atom. The Balaban J connectivity index is 1.70. The number of methoxy groups -OCH3 is 1. The van der Waals surface area contributed by atoms with Gasteiger partial charge >= 0.3 is 5.97 Å². The maximum absolute atomic E-state index is 12.0. The van der Waals surface area contributed by atoms with E-state index in [1.165, 1.54) is 12.7 Å². The minimum atomic E-state index is -0.134. The largest absolute Gasteiger partial charge is 0.469 e. The van der Waals surface area contributed by atoms with E-state index in [4.69, 9.17) is 9.47 Å². The van der Waals surface area contributed by atoms with Crippen LogP contribution in [0, 0.1) is 11.8 Å². The number of hydrogen-bond donors (Lipinski definition) is 1. The van der Waals surface area contributed by atoms with Gasteiger partial charge in [0.05, 0.1) is 13.0 Å². The molecular weight excluding hydrogens is 342 g/mol. The van der Waals surface area contributed by atoms with Crippen molar-refractivity contribution in [3.05, 3.63) is 35.9 Å². The third-order valence-corrected chi connectivity index (χ3v) is 6.05. The van der Waals surface area contributed by atoms with E-state index in [9.17, 15) is 4.79 Å². The van der Waals surface area contributed by atoms with E-state index in [2.05, 4.69) is 52.5 Å². The summed E-state index contributed by atoms with van der Waals surface area (Å²) in [4.78, 5) is 18.7. The van der Waals surface area contributed by atoms with E-state index >= 15 is 0 Å². The molecule has 2 unspecified atom stereocenters. The van der Waals surface area contributed by atoms with Crippen LogP contribution in [-0.4, -0.2) is 63.8 Å². The van der Waals surface area contributed by atoms with E-state index in [0.717, 1.165) is 45.1 Å². The van der Waals surface area contributed by atoms with Crippen LogP contribution in [0.15, 0.2) is 35.3 Å². The highest BCUT2D eigenvalue weighted by atomic mass is 16.5. The Morgan fingerprint density at radius 1 is 1.30 bits per heavy atom. The molecular formula is C21H31N3O3. The molecule has 2 heterocycles. The van der Waals surface area contributed by atoms with Crippen LogP contribution < -0.4 is 5.32 Å². The molecule has 1 N–H and O–H groups in total. The lowest BCUT2D eigenvalue weighted by molar-refractivity contribution is -0.145. The van der Waals surface area contributed by atoms with Crippen LogP contribution in [0.4, 0.5) is 0 Å². The number of carbonyl (C=O) groups excluding carboxylic acids is 1. The number of esters is 1. The van der Waals surface area contributed by atoms with E-state index in [0.29, 0.717) is 6.54 Å². The highest BCUT2D eigenvalue weighted by molar-refractivity contribution is 5.82. The summed E-state index contributed by atoms with van der Waals surface area (Å²) >= 11 is 0. The summed E-state index contributed by atoms with van der Waals surface area (Å²) in [7, 11) is 3.26. The van der Waals surface area contributed by atoms with Crippen molar-refractivity contribution >= 4 is 11.9 Å². The fourth-order valence-corrected chi connectivity index (χ4v) is 4.30. The van der Waals surface area contributed by atoms with Crippen molar-refractivity contribution in [3.8, 4) is 0 Å². The van der Waals surface area contributed by atoms with Crippen molar-refractivity contribution in [2.75, 3.05) is 47.0 Å². The third kappa shape index (κ3) is 4.26. The molecule has 3 rings (SSSR count). The van der Waals surface area contributed by atoms with Gasteiger partial charge in [-0.3, -0.25) is 9.79 Å². The second kappa shape index (κ2) is 8.74. The minimum Gasteiger partial charge on any atom is -0.469 e. The van der Waals surface area contributed by atoms with E-state index in [-0.39, 0.29) is 23.2 Å². The van der Waals surface area contributed by atoms with Crippen molar-refractivity contribution < 1.29 is 14.3 Å². The molecule has 0 spiro atoms. The summed E-state index contributed by atoms with van der Waals surface area (Å²) in [5, 5.41) is 3.59. The fourth-order valence-electron chi connectivity index (χ4n) is 4.30.